The zero-order valence-electron chi connectivity index (χ0n) is 19.6. The number of aryl methyl sites for hydroxylation is 2. The molecule has 4 rings (SSSR count). The van der Waals surface area contributed by atoms with Gasteiger partial charge in [-0.2, -0.15) is 0 Å². The summed E-state index contributed by atoms with van der Waals surface area (Å²) in [6.45, 7) is 5.07. The average Bonchev–Trinajstić information content (AvgIpc) is 3.20. The first-order valence-electron chi connectivity index (χ1n) is 11.2. The molecule has 35 heavy (non-hydrogen) atoms. The Kier molecular flexibility index (Phi) is 6.50. The van der Waals surface area contributed by atoms with E-state index in [0.717, 1.165) is 16.5 Å². The van der Waals surface area contributed by atoms with Gasteiger partial charge in [0.15, 0.2) is 6.61 Å². The summed E-state index contributed by atoms with van der Waals surface area (Å²) in [5, 5.41) is 23.3. The van der Waals surface area contributed by atoms with Crippen LogP contribution in [0.2, 0.25) is 0 Å². The number of carbonyl (C=O) groups is 2. The van der Waals surface area contributed by atoms with E-state index in [9.17, 15) is 24.6 Å². The normalized spacial score (nSPS) is 12.1. The maximum Gasteiger partial charge on any atom is 0.339 e. The standard InChI is InChI=1S/C26H26N2O7/c1-4-17-13(2)18-6-8-22(14(3)24(18)35-26(17)33)34-12-23(30)28-21(25(31)32)9-15-11-27-20-7-5-16(29)10-19(15)20/h5-8,10-11,21,27,29H,4,9,12H2,1-3H3,(H,28,30)(H,31,32). The Morgan fingerprint density at radius 1 is 1.14 bits per heavy atom. The largest absolute Gasteiger partial charge is 0.508 e. The number of aliphatic carboxylic acids is 1. The molecular weight excluding hydrogens is 452 g/mol. The topological polar surface area (TPSA) is 142 Å². The van der Waals surface area contributed by atoms with E-state index in [-0.39, 0.29) is 12.2 Å². The fourth-order valence-corrected chi connectivity index (χ4v) is 4.27. The van der Waals surface area contributed by atoms with Crippen LogP contribution >= 0.6 is 0 Å². The van der Waals surface area contributed by atoms with Crippen LogP contribution in [0.1, 0.15) is 29.2 Å². The molecule has 2 aromatic heterocycles. The van der Waals surface area contributed by atoms with Crippen LogP contribution < -0.4 is 15.7 Å². The highest BCUT2D eigenvalue weighted by Gasteiger charge is 2.23. The summed E-state index contributed by atoms with van der Waals surface area (Å²) in [5.41, 5.74) is 3.43. The van der Waals surface area contributed by atoms with Crippen LogP contribution in [-0.4, -0.2) is 39.7 Å². The van der Waals surface area contributed by atoms with Gasteiger partial charge in [-0.05, 0) is 61.7 Å². The van der Waals surface area contributed by atoms with Crippen LogP contribution in [0.3, 0.4) is 0 Å². The Hall–Kier alpha value is -4.27. The molecule has 0 aliphatic rings. The number of phenols is 1. The van der Waals surface area contributed by atoms with Crippen molar-refractivity contribution in [3.63, 3.8) is 0 Å². The molecule has 9 nitrogen and oxygen atoms in total. The van der Waals surface area contributed by atoms with E-state index in [1.54, 1.807) is 31.3 Å². The summed E-state index contributed by atoms with van der Waals surface area (Å²) in [7, 11) is 0. The van der Waals surface area contributed by atoms with Crippen LogP contribution in [0.5, 0.6) is 11.5 Å². The Balaban J connectivity index is 1.48. The lowest BCUT2D eigenvalue weighted by molar-refractivity contribution is -0.142. The smallest absolute Gasteiger partial charge is 0.339 e. The highest BCUT2D eigenvalue weighted by molar-refractivity contribution is 5.88. The summed E-state index contributed by atoms with van der Waals surface area (Å²) in [6, 6.07) is 7.04. The predicted molar refractivity (Wildman–Crippen MR) is 130 cm³/mol. The number of phenolic OH excluding ortho intramolecular Hbond substituents is 1. The van der Waals surface area contributed by atoms with Gasteiger partial charge in [-0.25, -0.2) is 9.59 Å². The second-order valence-electron chi connectivity index (χ2n) is 8.41. The van der Waals surface area contributed by atoms with Gasteiger partial charge in [0.25, 0.3) is 5.91 Å². The molecule has 9 heteroatoms. The van der Waals surface area contributed by atoms with Gasteiger partial charge in [0.05, 0.1) is 0 Å². The number of rotatable bonds is 8. The second-order valence-corrected chi connectivity index (χ2v) is 8.41. The van der Waals surface area contributed by atoms with E-state index >= 15 is 0 Å². The third kappa shape index (κ3) is 4.70. The number of nitrogens with one attached hydrogen (secondary N) is 2. The van der Waals surface area contributed by atoms with Crippen molar-refractivity contribution in [2.24, 2.45) is 0 Å². The first kappa shape index (κ1) is 23.9. The average molecular weight is 479 g/mol. The van der Waals surface area contributed by atoms with E-state index in [0.29, 0.717) is 39.8 Å². The van der Waals surface area contributed by atoms with E-state index < -0.39 is 30.2 Å². The molecule has 0 spiro atoms. The number of carboxylic acid groups (broad SMARTS) is 1. The number of carboxylic acids is 1. The van der Waals surface area contributed by atoms with Crippen molar-refractivity contribution in [1.29, 1.82) is 0 Å². The number of benzene rings is 2. The zero-order chi connectivity index (χ0) is 25.3. The number of carbonyl (C=O) groups excluding carboxylic acids is 1. The van der Waals surface area contributed by atoms with E-state index in [4.69, 9.17) is 9.15 Å². The number of aromatic amines is 1. The summed E-state index contributed by atoms with van der Waals surface area (Å²) < 4.78 is 11.1. The molecule has 1 unspecified atom stereocenters. The Bertz CT molecular complexity index is 1500. The van der Waals surface area contributed by atoms with Gasteiger partial charge in [0.1, 0.15) is 23.1 Å². The van der Waals surface area contributed by atoms with Gasteiger partial charge in [-0.3, -0.25) is 4.79 Å². The first-order valence-corrected chi connectivity index (χ1v) is 11.2. The monoisotopic (exact) mass is 478 g/mol. The number of aromatic hydroxyl groups is 1. The van der Waals surface area contributed by atoms with Crippen LogP contribution in [0.15, 0.2) is 45.7 Å². The lowest BCUT2D eigenvalue weighted by Gasteiger charge is -2.16. The number of aromatic nitrogens is 1. The molecule has 4 N–H and O–H groups in total. The fourth-order valence-electron chi connectivity index (χ4n) is 4.27. The molecule has 0 radical (unpaired) electrons. The lowest BCUT2D eigenvalue weighted by atomic mass is 10.0. The number of ether oxygens (including phenoxy) is 1. The van der Waals surface area contributed by atoms with Crippen molar-refractivity contribution in [1.82, 2.24) is 10.3 Å². The minimum atomic E-state index is -1.20. The van der Waals surface area contributed by atoms with Crippen molar-refractivity contribution < 1.29 is 29.0 Å². The molecule has 0 bridgehead atoms. The summed E-state index contributed by atoms with van der Waals surface area (Å²) in [6.07, 6.45) is 2.23. The number of hydrogen-bond donors (Lipinski definition) is 4. The lowest BCUT2D eigenvalue weighted by Crippen LogP contribution is -2.44. The molecule has 2 aromatic carbocycles. The van der Waals surface area contributed by atoms with Gasteiger partial charge < -0.3 is 29.7 Å². The zero-order valence-corrected chi connectivity index (χ0v) is 19.6. The molecule has 0 aliphatic heterocycles. The number of hydrogen-bond acceptors (Lipinski definition) is 6. The molecule has 0 fully saturated rings. The highest BCUT2D eigenvalue weighted by atomic mass is 16.5. The maximum absolute atomic E-state index is 12.5. The van der Waals surface area contributed by atoms with Crippen LogP contribution in [0.25, 0.3) is 21.9 Å². The van der Waals surface area contributed by atoms with Gasteiger partial charge in [-0.1, -0.05) is 6.92 Å². The van der Waals surface area contributed by atoms with Crippen LogP contribution in [0, 0.1) is 13.8 Å². The first-order chi connectivity index (χ1) is 16.7. The third-order valence-electron chi connectivity index (χ3n) is 6.17. The Morgan fingerprint density at radius 2 is 1.91 bits per heavy atom. The van der Waals surface area contributed by atoms with Crippen molar-refractivity contribution in [3.8, 4) is 11.5 Å². The molecule has 0 saturated carbocycles. The molecule has 0 saturated heterocycles. The number of H-pyrrole nitrogens is 1. The minimum Gasteiger partial charge on any atom is -0.508 e. The van der Waals surface area contributed by atoms with E-state index in [1.165, 1.54) is 12.1 Å². The molecular formula is C26H26N2O7. The highest BCUT2D eigenvalue weighted by Crippen LogP contribution is 2.29. The van der Waals surface area contributed by atoms with Crippen LogP contribution in [-0.2, 0) is 22.4 Å². The van der Waals surface area contributed by atoms with Gasteiger partial charge in [0, 0.05) is 40.0 Å². The van der Waals surface area contributed by atoms with Crippen molar-refractivity contribution in [2.45, 2.75) is 39.7 Å². The quantitative estimate of drug-likeness (QED) is 0.285. The van der Waals surface area contributed by atoms with Crippen molar-refractivity contribution >= 4 is 33.7 Å². The molecule has 4 aromatic rings. The Labute approximate surface area is 200 Å². The van der Waals surface area contributed by atoms with Gasteiger partial charge in [0.2, 0.25) is 0 Å². The minimum absolute atomic E-state index is 0.0176. The molecule has 2 heterocycles. The SMILES string of the molecule is CCc1c(C)c2ccc(OCC(=O)NC(Cc3c[nH]c4ccc(O)cc34)C(=O)O)c(C)c2oc1=O. The van der Waals surface area contributed by atoms with Crippen molar-refractivity contribution in [2.75, 3.05) is 6.61 Å². The number of fused-ring (bicyclic) bond motifs is 2. The maximum atomic E-state index is 12.5. The Morgan fingerprint density at radius 3 is 2.63 bits per heavy atom. The summed E-state index contributed by atoms with van der Waals surface area (Å²) in [5.74, 6) is -1.39. The summed E-state index contributed by atoms with van der Waals surface area (Å²) >= 11 is 0. The van der Waals surface area contributed by atoms with Gasteiger partial charge in [-0.15, -0.1) is 0 Å². The molecule has 0 aliphatic carbocycles. The second kappa shape index (κ2) is 9.54. The van der Waals surface area contributed by atoms with Gasteiger partial charge >= 0.3 is 11.6 Å². The predicted octanol–water partition coefficient (Wildman–Crippen LogP) is 3.35. The molecule has 1 amide bonds. The molecule has 182 valence electrons. The van der Waals surface area contributed by atoms with E-state index in [2.05, 4.69) is 10.3 Å². The fraction of sp³-hybridized carbons (Fsp3) is 0.269. The van der Waals surface area contributed by atoms with E-state index in [1.807, 2.05) is 13.8 Å². The van der Waals surface area contributed by atoms with Crippen LogP contribution in [0.4, 0.5) is 0 Å². The van der Waals surface area contributed by atoms with Crippen molar-refractivity contribution in [3.05, 3.63) is 69.2 Å². The number of amides is 1. The molecule has 1 atom stereocenters. The third-order valence-corrected chi connectivity index (χ3v) is 6.17. The summed E-state index contributed by atoms with van der Waals surface area (Å²) in [4.78, 5) is 39.6.